The van der Waals surface area contributed by atoms with Crippen molar-refractivity contribution in [3.63, 3.8) is 0 Å². The maximum Gasteiger partial charge on any atom is 0.124 e. The lowest BCUT2D eigenvalue weighted by molar-refractivity contribution is 0.626. The number of hydrogen-bond donors (Lipinski definition) is 1. The van der Waals surface area contributed by atoms with Gasteiger partial charge in [0.2, 0.25) is 0 Å². The first-order valence-electron chi connectivity index (χ1n) is 5.19. The van der Waals surface area contributed by atoms with Crippen LogP contribution in [-0.4, -0.2) is 0 Å². The molecule has 1 N–H and O–H groups in total. The SMILES string of the molecule is Fc1ccc(CNc2ccc(Br)c(Cl)c2)c(Br)c1. The number of anilines is 1. The van der Waals surface area contributed by atoms with Crippen LogP contribution in [0.2, 0.25) is 5.02 Å². The Bertz CT molecular complexity index is 575. The summed E-state index contributed by atoms with van der Waals surface area (Å²) in [7, 11) is 0. The molecular formula is C13H9Br2ClFN. The molecular weight excluding hydrogens is 384 g/mol. The molecule has 0 saturated heterocycles. The number of hydrogen-bond acceptors (Lipinski definition) is 1. The minimum Gasteiger partial charge on any atom is -0.381 e. The van der Waals surface area contributed by atoms with E-state index in [1.807, 2.05) is 18.2 Å². The zero-order valence-corrected chi connectivity index (χ0v) is 13.1. The molecule has 2 rings (SSSR count). The van der Waals surface area contributed by atoms with E-state index in [0.29, 0.717) is 11.6 Å². The summed E-state index contributed by atoms with van der Waals surface area (Å²) >= 11 is 12.7. The Balaban J connectivity index is 2.09. The lowest BCUT2D eigenvalue weighted by Crippen LogP contribution is -2.00. The molecule has 0 spiro atoms. The zero-order chi connectivity index (χ0) is 13.1. The Morgan fingerprint density at radius 3 is 2.50 bits per heavy atom. The van der Waals surface area contributed by atoms with Crippen molar-refractivity contribution < 1.29 is 4.39 Å². The molecule has 0 aliphatic rings. The van der Waals surface area contributed by atoms with Gasteiger partial charge in [0.15, 0.2) is 0 Å². The Kier molecular flexibility index (Phi) is 4.65. The van der Waals surface area contributed by atoms with E-state index < -0.39 is 0 Å². The van der Waals surface area contributed by atoms with Crippen LogP contribution in [0.3, 0.4) is 0 Å². The van der Waals surface area contributed by atoms with E-state index in [2.05, 4.69) is 37.2 Å². The Morgan fingerprint density at radius 1 is 1.06 bits per heavy atom. The molecule has 1 nitrogen and oxygen atoms in total. The first kappa shape index (κ1) is 13.8. The molecule has 2 aromatic rings. The van der Waals surface area contributed by atoms with Gasteiger partial charge in [-0.15, -0.1) is 0 Å². The molecule has 94 valence electrons. The molecule has 0 saturated carbocycles. The van der Waals surface area contributed by atoms with Crippen molar-refractivity contribution in [3.8, 4) is 0 Å². The summed E-state index contributed by atoms with van der Waals surface area (Å²) in [5.74, 6) is -0.252. The van der Waals surface area contributed by atoms with Gasteiger partial charge in [-0.25, -0.2) is 4.39 Å². The van der Waals surface area contributed by atoms with Crippen molar-refractivity contribution in [1.29, 1.82) is 0 Å². The second-order valence-electron chi connectivity index (χ2n) is 3.72. The summed E-state index contributed by atoms with van der Waals surface area (Å²) in [4.78, 5) is 0. The minimum atomic E-state index is -0.252. The van der Waals surface area contributed by atoms with Crippen LogP contribution in [0, 0.1) is 5.82 Å². The van der Waals surface area contributed by atoms with E-state index in [1.165, 1.54) is 12.1 Å². The molecule has 0 heterocycles. The molecule has 0 amide bonds. The maximum absolute atomic E-state index is 12.9. The fourth-order valence-corrected chi connectivity index (χ4v) is 2.39. The van der Waals surface area contributed by atoms with E-state index in [1.54, 1.807) is 6.07 Å². The highest BCUT2D eigenvalue weighted by Crippen LogP contribution is 2.26. The standard InChI is InChI=1S/C13H9Br2ClFN/c14-11-4-3-10(6-13(11)16)18-7-8-1-2-9(17)5-12(8)15/h1-6,18H,7H2. The van der Waals surface area contributed by atoms with Crippen LogP contribution in [0.1, 0.15) is 5.56 Å². The summed E-state index contributed by atoms with van der Waals surface area (Å²) in [6.45, 7) is 0.596. The molecule has 0 aromatic heterocycles. The van der Waals surface area contributed by atoms with Crippen LogP contribution < -0.4 is 5.32 Å². The number of benzene rings is 2. The van der Waals surface area contributed by atoms with E-state index in [4.69, 9.17) is 11.6 Å². The first-order valence-corrected chi connectivity index (χ1v) is 7.15. The highest BCUT2D eigenvalue weighted by molar-refractivity contribution is 9.10. The second kappa shape index (κ2) is 6.04. The third-order valence-corrected chi connectivity index (χ3v) is 4.39. The predicted molar refractivity (Wildman–Crippen MR) is 80.6 cm³/mol. The van der Waals surface area contributed by atoms with Crippen LogP contribution in [0.5, 0.6) is 0 Å². The lowest BCUT2D eigenvalue weighted by Gasteiger charge is -2.09. The fraction of sp³-hybridized carbons (Fsp3) is 0.0769. The van der Waals surface area contributed by atoms with E-state index >= 15 is 0 Å². The van der Waals surface area contributed by atoms with Gasteiger partial charge in [0.1, 0.15) is 5.82 Å². The summed E-state index contributed by atoms with van der Waals surface area (Å²) in [5, 5.41) is 3.88. The molecule has 0 radical (unpaired) electrons. The van der Waals surface area contributed by atoms with Crippen LogP contribution in [0.15, 0.2) is 45.3 Å². The molecule has 0 aliphatic heterocycles. The van der Waals surface area contributed by atoms with Gasteiger partial charge in [-0.2, -0.15) is 0 Å². The van der Waals surface area contributed by atoms with Gasteiger partial charge in [-0.1, -0.05) is 33.6 Å². The Labute approximate surface area is 127 Å². The largest absolute Gasteiger partial charge is 0.381 e. The quantitative estimate of drug-likeness (QED) is 0.714. The maximum atomic E-state index is 12.9. The molecule has 0 fully saturated rings. The first-order chi connectivity index (χ1) is 8.56. The van der Waals surface area contributed by atoms with Crippen molar-refractivity contribution in [1.82, 2.24) is 0 Å². The Morgan fingerprint density at radius 2 is 1.83 bits per heavy atom. The van der Waals surface area contributed by atoms with Gasteiger partial charge in [0.05, 0.1) is 5.02 Å². The highest BCUT2D eigenvalue weighted by atomic mass is 79.9. The molecule has 18 heavy (non-hydrogen) atoms. The smallest absolute Gasteiger partial charge is 0.124 e. The fourth-order valence-electron chi connectivity index (χ4n) is 1.47. The van der Waals surface area contributed by atoms with Crippen LogP contribution in [0.25, 0.3) is 0 Å². The van der Waals surface area contributed by atoms with Gasteiger partial charge in [-0.05, 0) is 51.8 Å². The normalized spacial score (nSPS) is 10.4. The molecule has 0 aliphatic carbocycles. The third kappa shape index (κ3) is 3.46. The highest BCUT2D eigenvalue weighted by Gasteiger charge is 2.03. The van der Waals surface area contributed by atoms with Crippen LogP contribution >= 0.6 is 43.5 Å². The zero-order valence-electron chi connectivity index (χ0n) is 9.18. The predicted octanol–water partition coefficient (Wildman–Crippen LogP) is 5.62. The van der Waals surface area contributed by atoms with E-state index in [-0.39, 0.29) is 5.82 Å². The van der Waals surface area contributed by atoms with E-state index in [0.717, 1.165) is 20.2 Å². The number of rotatable bonds is 3. The van der Waals surface area contributed by atoms with Gasteiger partial charge >= 0.3 is 0 Å². The van der Waals surface area contributed by atoms with Crippen molar-refractivity contribution in [2.24, 2.45) is 0 Å². The van der Waals surface area contributed by atoms with Crippen molar-refractivity contribution in [2.45, 2.75) is 6.54 Å². The number of nitrogens with one attached hydrogen (secondary N) is 1. The third-order valence-electron chi connectivity index (χ3n) is 2.42. The summed E-state index contributed by atoms with van der Waals surface area (Å²) in [5.41, 5.74) is 1.90. The lowest BCUT2D eigenvalue weighted by atomic mass is 10.2. The average Bonchev–Trinajstić information content (AvgIpc) is 2.32. The van der Waals surface area contributed by atoms with Crippen molar-refractivity contribution in [2.75, 3.05) is 5.32 Å². The molecule has 0 atom stereocenters. The second-order valence-corrected chi connectivity index (χ2v) is 5.83. The molecule has 2 aromatic carbocycles. The van der Waals surface area contributed by atoms with Gasteiger partial charge in [0, 0.05) is 21.2 Å². The molecule has 0 bridgehead atoms. The summed E-state index contributed by atoms with van der Waals surface area (Å²) in [6.07, 6.45) is 0. The van der Waals surface area contributed by atoms with Crippen molar-refractivity contribution in [3.05, 3.63) is 61.7 Å². The molecule has 0 unspecified atom stereocenters. The monoisotopic (exact) mass is 391 g/mol. The summed E-state index contributed by atoms with van der Waals surface area (Å²) < 4.78 is 14.5. The minimum absolute atomic E-state index is 0.252. The van der Waals surface area contributed by atoms with Gasteiger partial charge < -0.3 is 5.32 Å². The van der Waals surface area contributed by atoms with Gasteiger partial charge in [-0.3, -0.25) is 0 Å². The average molecular weight is 393 g/mol. The van der Waals surface area contributed by atoms with Crippen molar-refractivity contribution >= 4 is 49.1 Å². The van der Waals surface area contributed by atoms with E-state index in [9.17, 15) is 4.39 Å². The Hall–Kier alpha value is -0.580. The number of halogens is 4. The topological polar surface area (TPSA) is 12.0 Å². The van der Waals surface area contributed by atoms with Crippen LogP contribution in [-0.2, 0) is 6.54 Å². The van der Waals surface area contributed by atoms with Crippen LogP contribution in [0.4, 0.5) is 10.1 Å². The summed E-state index contributed by atoms with van der Waals surface area (Å²) in [6, 6.07) is 10.3. The molecule has 5 heteroatoms. The van der Waals surface area contributed by atoms with Gasteiger partial charge in [0.25, 0.3) is 0 Å².